The van der Waals surface area contributed by atoms with E-state index in [2.05, 4.69) is 26.8 Å². The smallest absolute Gasteiger partial charge is 0.184 e. The second-order valence-corrected chi connectivity index (χ2v) is 5.61. The van der Waals surface area contributed by atoms with Gasteiger partial charge in [0, 0.05) is 11.5 Å². The fraction of sp³-hybridized carbons (Fsp3) is 0.529. The van der Waals surface area contributed by atoms with Crippen LogP contribution in [0.1, 0.15) is 39.0 Å². The number of methoxy groups -OCH3 is 1. The van der Waals surface area contributed by atoms with Gasteiger partial charge in [-0.05, 0) is 32.4 Å². The highest BCUT2D eigenvalue weighted by atomic mass is 16.7. The van der Waals surface area contributed by atoms with Gasteiger partial charge in [-0.3, -0.25) is 0 Å². The van der Waals surface area contributed by atoms with Gasteiger partial charge in [0.25, 0.3) is 0 Å². The van der Waals surface area contributed by atoms with Crippen molar-refractivity contribution in [1.82, 2.24) is 0 Å². The Hall–Kier alpha value is -1.32. The number of hydrogen-bond acceptors (Lipinski definition) is 3. The highest BCUT2D eigenvalue weighted by Gasteiger charge is 2.29. The minimum atomic E-state index is -0.271. The third kappa shape index (κ3) is 3.84. The maximum absolute atomic E-state index is 6.10. The van der Waals surface area contributed by atoms with Crippen molar-refractivity contribution in [2.24, 2.45) is 5.92 Å². The Morgan fingerprint density at radius 2 is 2.00 bits per heavy atom. The molecule has 0 N–H and O–H groups in total. The van der Waals surface area contributed by atoms with Gasteiger partial charge in [0.15, 0.2) is 6.29 Å². The Labute approximate surface area is 121 Å². The first kappa shape index (κ1) is 15.1. The molecule has 0 saturated carbocycles. The van der Waals surface area contributed by atoms with E-state index in [-0.39, 0.29) is 12.4 Å². The molecule has 2 rings (SSSR count). The molecule has 0 amide bonds. The summed E-state index contributed by atoms with van der Waals surface area (Å²) < 4.78 is 17.1. The van der Waals surface area contributed by atoms with Crippen molar-refractivity contribution in [3.05, 3.63) is 41.5 Å². The molecule has 3 atom stereocenters. The minimum Gasteiger partial charge on any atom is -0.497 e. The molecule has 3 nitrogen and oxygen atoms in total. The molecule has 0 bridgehead atoms. The summed E-state index contributed by atoms with van der Waals surface area (Å²) in [6, 6.07) is 7.87. The first-order chi connectivity index (χ1) is 9.60. The SMILES string of the molecule is COc1ccc(C2OC[C@H](C)[C@@H](CC=C(C)C)O2)cc1. The molecule has 1 fully saturated rings. The Morgan fingerprint density at radius 3 is 2.60 bits per heavy atom. The molecule has 0 aromatic heterocycles. The maximum Gasteiger partial charge on any atom is 0.184 e. The molecule has 0 aliphatic carbocycles. The molecule has 0 spiro atoms. The van der Waals surface area contributed by atoms with Gasteiger partial charge in [-0.25, -0.2) is 0 Å². The van der Waals surface area contributed by atoms with Crippen LogP contribution in [0.15, 0.2) is 35.9 Å². The molecule has 1 saturated heterocycles. The third-order valence-corrected chi connectivity index (χ3v) is 3.59. The zero-order valence-electron chi connectivity index (χ0n) is 12.8. The normalized spacial score (nSPS) is 26.1. The van der Waals surface area contributed by atoms with Crippen LogP contribution in [0.25, 0.3) is 0 Å². The Bertz CT molecular complexity index is 446. The van der Waals surface area contributed by atoms with Gasteiger partial charge in [-0.1, -0.05) is 30.7 Å². The van der Waals surface area contributed by atoms with Crippen molar-refractivity contribution < 1.29 is 14.2 Å². The molecule has 110 valence electrons. The van der Waals surface area contributed by atoms with Crippen LogP contribution in [0.2, 0.25) is 0 Å². The minimum absolute atomic E-state index is 0.214. The van der Waals surface area contributed by atoms with E-state index in [9.17, 15) is 0 Å². The van der Waals surface area contributed by atoms with E-state index in [0.717, 1.165) is 24.3 Å². The average Bonchev–Trinajstić information content (AvgIpc) is 2.46. The quantitative estimate of drug-likeness (QED) is 0.775. The number of allylic oxidation sites excluding steroid dienone is 1. The summed E-state index contributed by atoms with van der Waals surface area (Å²) in [5, 5.41) is 0. The lowest BCUT2D eigenvalue weighted by atomic mass is 10.00. The second kappa shape index (κ2) is 6.91. The zero-order valence-corrected chi connectivity index (χ0v) is 12.8. The highest BCUT2D eigenvalue weighted by Crippen LogP contribution is 2.31. The van der Waals surface area contributed by atoms with E-state index < -0.39 is 0 Å². The predicted molar refractivity (Wildman–Crippen MR) is 79.8 cm³/mol. The summed E-state index contributed by atoms with van der Waals surface area (Å²) in [6.45, 7) is 7.14. The van der Waals surface area contributed by atoms with Gasteiger partial charge in [-0.2, -0.15) is 0 Å². The van der Waals surface area contributed by atoms with Crippen LogP contribution in [-0.2, 0) is 9.47 Å². The molecule has 0 radical (unpaired) electrons. The van der Waals surface area contributed by atoms with Crippen LogP contribution in [0.5, 0.6) is 5.75 Å². The number of ether oxygens (including phenoxy) is 3. The van der Waals surface area contributed by atoms with Crippen molar-refractivity contribution in [2.75, 3.05) is 13.7 Å². The molecule has 1 unspecified atom stereocenters. The Kier molecular flexibility index (Phi) is 5.21. The lowest BCUT2D eigenvalue weighted by Crippen LogP contribution is -2.34. The molecule has 1 aromatic carbocycles. The first-order valence-electron chi connectivity index (χ1n) is 7.14. The van der Waals surface area contributed by atoms with Crippen molar-refractivity contribution in [1.29, 1.82) is 0 Å². The Balaban J connectivity index is 2.03. The van der Waals surface area contributed by atoms with E-state index in [4.69, 9.17) is 14.2 Å². The second-order valence-electron chi connectivity index (χ2n) is 5.61. The van der Waals surface area contributed by atoms with Gasteiger partial charge < -0.3 is 14.2 Å². The highest BCUT2D eigenvalue weighted by molar-refractivity contribution is 5.28. The lowest BCUT2D eigenvalue weighted by Gasteiger charge is -2.34. The average molecular weight is 276 g/mol. The van der Waals surface area contributed by atoms with Gasteiger partial charge >= 0.3 is 0 Å². The van der Waals surface area contributed by atoms with Gasteiger partial charge in [0.1, 0.15) is 5.75 Å². The van der Waals surface area contributed by atoms with Crippen LogP contribution in [0.3, 0.4) is 0 Å². The van der Waals surface area contributed by atoms with Crippen LogP contribution in [0, 0.1) is 5.92 Å². The van der Waals surface area contributed by atoms with Crippen LogP contribution in [-0.4, -0.2) is 19.8 Å². The van der Waals surface area contributed by atoms with E-state index >= 15 is 0 Å². The van der Waals surface area contributed by atoms with E-state index in [1.165, 1.54) is 5.57 Å². The monoisotopic (exact) mass is 276 g/mol. The largest absolute Gasteiger partial charge is 0.497 e. The summed E-state index contributed by atoms with van der Waals surface area (Å²) in [5.74, 6) is 1.26. The zero-order chi connectivity index (χ0) is 14.5. The van der Waals surface area contributed by atoms with Crippen molar-refractivity contribution >= 4 is 0 Å². The number of hydrogen-bond donors (Lipinski definition) is 0. The van der Waals surface area contributed by atoms with Crippen LogP contribution in [0.4, 0.5) is 0 Å². The summed E-state index contributed by atoms with van der Waals surface area (Å²) in [6.07, 6.45) is 3.12. The molecule has 1 aliphatic heterocycles. The van der Waals surface area contributed by atoms with Gasteiger partial charge in [0.2, 0.25) is 0 Å². The molecule has 20 heavy (non-hydrogen) atoms. The molecular formula is C17H24O3. The predicted octanol–water partition coefficient (Wildman–Crippen LogP) is 4.10. The summed E-state index contributed by atoms with van der Waals surface area (Å²) >= 11 is 0. The first-order valence-corrected chi connectivity index (χ1v) is 7.14. The molecule has 3 heteroatoms. The molecular weight excluding hydrogens is 252 g/mol. The summed E-state index contributed by atoms with van der Waals surface area (Å²) in [4.78, 5) is 0. The van der Waals surface area contributed by atoms with Gasteiger partial charge in [-0.15, -0.1) is 0 Å². The fourth-order valence-corrected chi connectivity index (χ4v) is 2.25. The van der Waals surface area contributed by atoms with Crippen molar-refractivity contribution in [3.63, 3.8) is 0 Å². The lowest BCUT2D eigenvalue weighted by molar-refractivity contribution is -0.237. The van der Waals surface area contributed by atoms with E-state index in [1.54, 1.807) is 7.11 Å². The van der Waals surface area contributed by atoms with Gasteiger partial charge in [0.05, 0.1) is 19.8 Å². The molecule has 1 heterocycles. The maximum atomic E-state index is 6.10. The number of benzene rings is 1. The van der Waals surface area contributed by atoms with Crippen LogP contribution >= 0.6 is 0 Å². The van der Waals surface area contributed by atoms with E-state index in [1.807, 2.05) is 24.3 Å². The molecule has 1 aliphatic rings. The summed E-state index contributed by atoms with van der Waals surface area (Å²) in [7, 11) is 1.67. The fourth-order valence-electron chi connectivity index (χ4n) is 2.25. The third-order valence-electron chi connectivity index (χ3n) is 3.59. The van der Waals surface area contributed by atoms with Crippen molar-refractivity contribution in [2.45, 2.75) is 39.6 Å². The topological polar surface area (TPSA) is 27.7 Å². The number of rotatable bonds is 4. The summed E-state index contributed by atoms with van der Waals surface area (Å²) in [5.41, 5.74) is 2.37. The Morgan fingerprint density at radius 1 is 1.30 bits per heavy atom. The van der Waals surface area contributed by atoms with Crippen molar-refractivity contribution in [3.8, 4) is 5.75 Å². The van der Waals surface area contributed by atoms with Crippen LogP contribution < -0.4 is 4.74 Å². The standard InChI is InChI=1S/C17H24O3/c1-12(2)5-10-16-13(3)11-19-17(20-16)14-6-8-15(18-4)9-7-14/h5-9,13,16-17H,10-11H2,1-4H3/t13-,16+,17?/m0/s1. The van der Waals surface area contributed by atoms with E-state index in [0.29, 0.717) is 5.92 Å². The molecule has 1 aromatic rings.